The standard InChI is InChI=1S/C11H22Si/c1-12(2,9-11-6-7-11)8-10-4-3-5-10/h10-11H,3-9H2,1-2H3. The summed E-state index contributed by atoms with van der Waals surface area (Å²) in [7, 11) is -0.737. The summed E-state index contributed by atoms with van der Waals surface area (Å²) in [6.07, 6.45) is 7.75. The molecule has 0 bridgehead atoms. The maximum Gasteiger partial charge on any atom is 0.0479 e. The first kappa shape index (κ1) is 8.80. The van der Waals surface area contributed by atoms with Crippen molar-refractivity contribution in [2.24, 2.45) is 11.8 Å². The second-order valence-electron chi connectivity index (χ2n) is 5.81. The molecule has 0 heterocycles. The molecule has 0 unspecified atom stereocenters. The zero-order valence-electron chi connectivity index (χ0n) is 8.60. The lowest BCUT2D eigenvalue weighted by atomic mass is 9.87. The van der Waals surface area contributed by atoms with Crippen molar-refractivity contribution in [1.82, 2.24) is 0 Å². The normalized spacial score (nSPS) is 25.5. The van der Waals surface area contributed by atoms with Gasteiger partial charge >= 0.3 is 0 Å². The van der Waals surface area contributed by atoms with E-state index in [2.05, 4.69) is 13.1 Å². The van der Waals surface area contributed by atoms with Crippen LogP contribution in [0.15, 0.2) is 0 Å². The molecule has 2 saturated carbocycles. The molecule has 0 spiro atoms. The third kappa shape index (κ3) is 2.35. The molecule has 2 aliphatic rings. The predicted octanol–water partition coefficient (Wildman–Crippen LogP) is 3.90. The van der Waals surface area contributed by atoms with Crippen molar-refractivity contribution in [3.05, 3.63) is 0 Å². The molecule has 2 fully saturated rings. The van der Waals surface area contributed by atoms with Crippen LogP contribution in [-0.2, 0) is 0 Å². The summed E-state index contributed by atoms with van der Waals surface area (Å²) in [4.78, 5) is 0. The summed E-state index contributed by atoms with van der Waals surface area (Å²) in [5, 5.41) is 0. The van der Waals surface area contributed by atoms with Crippen LogP contribution in [0.2, 0.25) is 25.2 Å². The lowest BCUT2D eigenvalue weighted by molar-refractivity contribution is 0.342. The highest BCUT2D eigenvalue weighted by molar-refractivity contribution is 6.77. The van der Waals surface area contributed by atoms with Gasteiger partial charge in [-0.05, 0) is 11.8 Å². The third-order valence-corrected chi connectivity index (χ3v) is 6.97. The smallest absolute Gasteiger partial charge is 0.0479 e. The van der Waals surface area contributed by atoms with Crippen LogP contribution in [0.3, 0.4) is 0 Å². The third-order valence-electron chi connectivity index (χ3n) is 3.60. The molecule has 0 aliphatic heterocycles. The summed E-state index contributed by atoms with van der Waals surface area (Å²) in [6, 6.07) is 3.28. The molecule has 2 aliphatic carbocycles. The SMILES string of the molecule is C[Si](C)(CC1CCC1)CC1CC1. The highest BCUT2D eigenvalue weighted by atomic mass is 28.3. The molecular formula is C11H22Si. The quantitative estimate of drug-likeness (QED) is 0.578. The molecule has 0 N–H and O–H groups in total. The lowest BCUT2D eigenvalue weighted by Gasteiger charge is -2.33. The Hall–Kier alpha value is 0.217. The summed E-state index contributed by atoms with van der Waals surface area (Å²) in [5.74, 6) is 2.33. The van der Waals surface area contributed by atoms with Gasteiger partial charge in [0.05, 0.1) is 0 Å². The molecule has 0 amide bonds. The van der Waals surface area contributed by atoms with E-state index in [1.165, 1.54) is 12.3 Å². The van der Waals surface area contributed by atoms with E-state index < -0.39 is 8.07 Å². The molecule has 0 aromatic carbocycles. The Labute approximate surface area is 77.8 Å². The van der Waals surface area contributed by atoms with Crippen molar-refractivity contribution >= 4 is 8.07 Å². The average Bonchev–Trinajstić information content (AvgIpc) is 2.62. The summed E-state index contributed by atoms with van der Waals surface area (Å²) in [5.41, 5.74) is 0. The fourth-order valence-corrected chi connectivity index (χ4v) is 6.77. The molecule has 0 atom stereocenters. The van der Waals surface area contributed by atoms with Gasteiger partial charge in [-0.1, -0.05) is 57.3 Å². The fraction of sp³-hybridized carbons (Fsp3) is 1.00. The van der Waals surface area contributed by atoms with Gasteiger partial charge in [0.25, 0.3) is 0 Å². The van der Waals surface area contributed by atoms with Crippen molar-refractivity contribution in [1.29, 1.82) is 0 Å². The Balaban J connectivity index is 1.73. The monoisotopic (exact) mass is 182 g/mol. The minimum Gasteiger partial charge on any atom is -0.0693 e. The van der Waals surface area contributed by atoms with E-state index in [9.17, 15) is 0 Å². The molecule has 0 aromatic heterocycles. The van der Waals surface area contributed by atoms with Gasteiger partial charge in [-0.2, -0.15) is 0 Å². The maximum absolute atomic E-state index is 2.61. The van der Waals surface area contributed by atoms with E-state index >= 15 is 0 Å². The summed E-state index contributed by atoms with van der Waals surface area (Å²) < 4.78 is 0. The van der Waals surface area contributed by atoms with Crippen molar-refractivity contribution in [3.8, 4) is 0 Å². The molecule has 12 heavy (non-hydrogen) atoms. The van der Waals surface area contributed by atoms with E-state index in [-0.39, 0.29) is 0 Å². The molecule has 70 valence electrons. The Bertz CT molecular complexity index is 154. The van der Waals surface area contributed by atoms with Crippen LogP contribution < -0.4 is 0 Å². The number of hydrogen-bond donors (Lipinski definition) is 0. The number of rotatable bonds is 4. The summed E-state index contributed by atoms with van der Waals surface area (Å²) >= 11 is 0. The van der Waals surface area contributed by atoms with Crippen LogP contribution in [0, 0.1) is 11.8 Å². The van der Waals surface area contributed by atoms with Gasteiger partial charge in [-0.25, -0.2) is 0 Å². The van der Waals surface area contributed by atoms with Gasteiger partial charge < -0.3 is 0 Å². The molecule has 0 radical (unpaired) electrons. The Morgan fingerprint density at radius 2 is 1.42 bits per heavy atom. The van der Waals surface area contributed by atoms with E-state index in [4.69, 9.17) is 0 Å². The fourth-order valence-electron chi connectivity index (χ4n) is 2.67. The van der Waals surface area contributed by atoms with E-state index in [0.29, 0.717) is 0 Å². The largest absolute Gasteiger partial charge is 0.0693 e. The first-order chi connectivity index (χ1) is 5.66. The van der Waals surface area contributed by atoms with Crippen molar-refractivity contribution < 1.29 is 0 Å². The van der Waals surface area contributed by atoms with Gasteiger partial charge in [0.1, 0.15) is 0 Å². The maximum atomic E-state index is 2.61. The minimum atomic E-state index is -0.737. The van der Waals surface area contributed by atoms with Crippen LogP contribution >= 0.6 is 0 Å². The molecule has 2 rings (SSSR count). The molecule has 0 saturated heterocycles. The van der Waals surface area contributed by atoms with Gasteiger partial charge in [0.15, 0.2) is 0 Å². The molecule has 1 heteroatoms. The van der Waals surface area contributed by atoms with Gasteiger partial charge in [0, 0.05) is 8.07 Å². The topological polar surface area (TPSA) is 0 Å². The van der Waals surface area contributed by atoms with Crippen LogP contribution in [0.1, 0.15) is 32.1 Å². The highest BCUT2D eigenvalue weighted by Gasteiger charge is 2.34. The van der Waals surface area contributed by atoms with Crippen molar-refractivity contribution in [3.63, 3.8) is 0 Å². The van der Waals surface area contributed by atoms with Crippen LogP contribution in [0.25, 0.3) is 0 Å². The van der Waals surface area contributed by atoms with Crippen LogP contribution in [0.5, 0.6) is 0 Å². The van der Waals surface area contributed by atoms with E-state index in [1.807, 2.05) is 0 Å². The van der Waals surface area contributed by atoms with Gasteiger partial charge in [-0.15, -0.1) is 0 Å². The highest BCUT2D eigenvalue weighted by Crippen LogP contribution is 2.42. The van der Waals surface area contributed by atoms with E-state index in [0.717, 1.165) is 5.92 Å². The van der Waals surface area contributed by atoms with E-state index in [1.54, 1.807) is 37.8 Å². The van der Waals surface area contributed by atoms with Crippen LogP contribution in [-0.4, -0.2) is 8.07 Å². The van der Waals surface area contributed by atoms with Gasteiger partial charge in [0.2, 0.25) is 0 Å². The minimum absolute atomic E-state index is 0.737. The molecular weight excluding hydrogens is 160 g/mol. The van der Waals surface area contributed by atoms with Crippen LogP contribution in [0.4, 0.5) is 0 Å². The lowest BCUT2D eigenvalue weighted by Crippen LogP contribution is -2.31. The number of hydrogen-bond acceptors (Lipinski definition) is 0. The Kier molecular flexibility index (Phi) is 2.32. The zero-order valence-corrected chi connectivity index (χ0v) is 9.60. The second-order valence-corrected chi connectivity index (χ2v) is 11.0. The Morgan fingerprint density at radius 3 is 1.75 bits per heavy atom. The predicted molar refractivity (Wildman–Crippen MR) is 57.2 cm³/mol. The van der Waals surface area contributed by atoms with Gasteiger partial charge in [-0.3, -0.25) is 0 Å². The first-order valence-electron chi connectivity index (χ1n) is 5.66. The average molecular weight is 182 g/mol. The first-order valence-corrected chi connectivity index (χ1v) is 9.07. The van der Waals surface area contributed by atoms with Crippen molar-refractivity contribution in [2.45, 2.75) is 57.3 Å². The van der Waals surface area contributed by atoms with Crippen molar-refractivity contribution in [2.75, 3.05) is 0 Å². The molecule has 0 nitrogen and oxygen atoms in total. The Morgan fingerprint density at radius 1 is 0.917 bits per heavy atom. The molecule has 0 aromatic rings. The zero-order chi connectivity index (χ0) is 8.60. The summed E-state index contributed by atoms with van der Waals surface area (Å²) in [6.45, 7) is 5.23. The second kappa shape index (κ2) is 3.17.